The van der Waals surface area contributed by atoms with Crippen LogP contribution in [0, 0.1) is 6.92 Å². The number of nitrogens with zero attached hydrogens (tertiary/aromatic N) is 1. The smallest absolute Gasteiger partial charge is 0.267 e. The highest BCUT2D eigenvalue weighted by molar-refractivity contribution is 5.93. The predicted octanol–water partition coefficient (Wildman–Crippen LogP) is 2.08. The van der Waals surface area contributed by atoms with E-state index in [2.05, 4.69) is 4.98 Å². The molecule has 0 fully saturated rings. The van der Waals surface area contributed by atoms with Crippen LogP contribution in [-0.4, -0.2) is 18.0 Å². The average molecular weight is 272 g/mol. The van der Waals surface area contributed by atoms with Gasteiger partial charge in [0.15, 0.2) is 11.5 Å². The molecule has 5 nitrogen and oxygen atoms in total. The lowest BCUT2D eigenvalue weighted by Gasteiger charge is -2.14. The van der Waals surface area contributed by atoms with Gasteiger partial charge in [-0.15, -0.1) is 0 Å². The lowest BCUT2D eigenvalue weighted by atomic mass is 10.1. The number of amides is 1. The van der Waals surface area contributed by atoms with E-state index in [-0.39, 0.29) is 5.69 Å². The molecule has 1 amide bonds. The topological polar surface area (TPSA) is 74.4 Å². The number of rotatable bonds is 5. The van der Waals surface area contributed by atoms with E-state index in [0.717, 1.165) is 5.56 Å². The normalized spacial score (nSPS) is 10.1. The summed E-state index contributed by atoms with van der Waals surface area (Å²) in [7, 11) is 1.52. The minimum atomic E-state index is -0.588. The fourth-order valence-corrected chi connectivity index (χ4v) is 1.87. The molecule has 2 aromatic rings. The molecule has 20 heavy (non-hydrogen) atoms. The second-order valence-corrected chi connectivity index (χ2v) is 4.27. The summed E-state index contributed by atoms with van der Waals surface area (Å²) < 4.78 is 11.0. The van der Waals surface area contributed by atoms with Crippen LogP contribution >= 0.6 is 0 Å². The molecular formula is C15H16N2O3. The molecule has 0 aliphatic rings. The van der Waals surface area contributed by atoms with Crippen molar-refractivity contribution in [2.45, 2.75) is 13.5 Å². The predicted molar refractivity (Wildman–Crippen MR) is 74.8 cm³/mol. The molecule has 1 aromatic heterocycles. The second-order valence-electron chi connectivity index (χ2n) is 4.27. The van der Waals surface area contributed by atoms with E-state index in [1.54, 1.807) is 6.92 Å². The summed E-state index contributed by atoms with van der Waals surface area (Å²) in [5.74, 6) is 0.373. The summed E-state index contributed by atoms with van der Waals surface area (Å²) in [4.78, 5) is 15.3. The van der Waals surface area contributed by atoms with Crippen LogP contribution in [0.3, 0.4) is 0 Å². The van der Waals surface area contributed by atoms with Gasteiger partial charge >= 0.3 is 0 Å². The van der Waals surface area contributed by atoms with Gasteiger partial charge in [0.1, 0.15) is 12.3 Å². The van der Waals surface area contributed by atoms with E-state index in [9.17, 15) is 4.79 Å². The van der Waals surface area contributed by atoms with Gasteiger partial charge in [-0.3, -0.25) is 4.79 Å². The van der Waals surface area contributed by atoms with Crippen molar-refractivity contribution in [3.63, 3.8) is 0 Å². The van der Waals surface area contributed by atoms with Gasteiger partial charge < -0.3 is 15.2 Å². The Bertz CT molecular complexity index is 612. The zero-order chi connectivity index (χ0) is 14.5. The van der Waals surface area contributed by atoms with Gasteiger partial charge in [0, 0.05) is 5.56 Å². The molecule has 2 rings (SSSR count). The van der Waals surface area contributed by atoms with Gasteiger partial charge in [-0.25, -0.2) is 4.98 Å². The van der Waals surface area contributed by atoms with Crippen molar-refractivity contribution in [2.75, 3.05) is 7.11 Å². The molecule has 104 valence electrons. The van der Waals surface area contributed by atoms with Crippen molar-refractivity contribution in [3.8, 4) is 11.5 Å². The van der Waals surface area contributed by atoms with E-state index >= 15 is 0 Å². The summed E-state index contributed by atoms with van der Waals surface area (Å²) >= 11 is 0. The highest BCUT2D eigenvalue weighted by Crippen LogP contribution is 2.32. The van der Waals surface area contributed by atoms with E-state index in [1.807, 2.05) is 30.3 Å². The molecule has 5 heteroatoms. The van der Waals surface area contributed by atoms with E-state index in [0.29, 0.717) is 23.7 Å². The zero-order valence-electron chi connectivity index (χ0n) is 11.4. The maximum atomic E-state index is 11.3. The number of benzene rings is 1. The van der Waals surface area contributed by atoms with Crippen LogP contribution in [0.1, 0.15) is 21.6 Å². The molecule has 0 aliphatic carbocycles. The quantitative estimate of drug-likeness (QED) is 0.904. The van der Waals surface area contributed by atoms with Gasteiger partial charge in [0.25, 0.3) is 5.91 Å². The average Bonchev–Trinajstić information content (AvgIpc) is 2.46. The number of hydrogen-bond acceptors (Lipinski definition) is 4. The summed E-state index contributed by atoms with van der Waals surface area (Å²) in [6.45, 7) is 2.11. The van der Waals surface area contributed by atoms with Gasteiger partial charge in [-0.1, -0.05) is 30.3 Å². The molecule has 0 bridgehead atoms. The molecule has 0 saturated carbocycles. The molecule has 0 atom stereocenters. The summed E-state index contributed by atoms with van der Waals surface area (Å²) in [6, 6.07) is 9.72. The fraction of sp³-hybridized carbons (Fsp3) is 0.200. The Morgan fingerprint density at radius 1 is 1.30 bits per heavy atom. The number of aromatic nitrogens is 1. The molecule has 2 N–H and O–H groups in total. The Morgan fingerprint density at radius 3 is 2.60 bits per heavy atom. The first kappa shape index (κ1) is 13.9. The van der Waals surface area contributed by atoms with Crippen LogP contribution in [0.2, 0.25) is 0 Å². The Hall–Kier alpha value is -2.56. The van der Waals surface area contributed by atoms with Crippen LogP contribution in [-0.2, 0) is 6.61 Å². The van der Waals surface area contributed by atoms with Crippen molar-refractivity contribution < 1.29 is 14.3 Å². The van der Waals surface area contributed by atoms with Crippen molar-refractivity contribution in [1.82, 2.24) is 4.98 Å². The maximum absolute atomic E-state index is 11.3. The van der Waals surface area contributed by atoms with Crippen molar-refractivity contribution in [2.24, 2.45) is 5.73 Å². The molecule has 0 saturated heterocycles. The van der Waals surface area contributed by atoms with E-state index < -0.39 is 5.91 Å². The van der Waals surface area contributed by atoms with Gasteiger partial charge in [0.2, 0.25) is 0 Å². The number of nitrogens with two attached hydrogens (primary N) is 1. The Balaban J connectivity index is 2.29. The standard InChI is InChI=1S/C15H16N2O3/c1-10-13(15(16)18)17-8-12(19-2)14(10)20-9-11-6-4-3-5-7-11/h3-8H,9H2,1-2H3,(H2,16,18). The van der Waals surface area contributed by atoms with Crippen LogP contribution < -0.4 is 15.2 Å². The molecule has 0 radical (unpaired) electrons. The molecule has 1 heterocycles. The number of ether oxygens (including phenoxy) is 2. The SMILES string of the molecule is COc1cnc(C(N)=O)c(C)c1OCc1ccccc1. The minimum absolute atomic E-state index is 0.189. The van der Waals surface area contributed by atoms with Crippen LogP contribution in [0.5, 0.6) is 11.5 Å². The first-order valence-corrected chi connectivity index (χ1v) is 6.13. The molecule has 0 unspecified atom stereocenters. The first-order valence-electron chi connectivity index (χ1n) is 6.13. The Labute approximate surface area is 117 Å². The number of carbonyl (C=O) groups excluding carboxylic acids is 1. The molecule has 1 aromatic carbocycles. The highest BCUT2D eigenvalue weighted by Gasteiger charge is 2.16. The summed E-state index contributed by atoms with van der Waals surface area (Å²) in [6.07, 6.45) is 1.44. The summed E-state index contributed by atoms with van der Waals surface area (Å²) in [5, 5.41) is 0. The third-order valence-electron chi connectivity index (χ3n) is 2.91. The number of pyridine rings is 1. The number of methoxy groups -OCH3 is 1. The van der Waals surface area contributed by atoms with Crippen LogP contribution in [0.4, 0.5) is 0 Å². The highest BCUT2D eigenvalue weighted by atomic mass is 16.5. The minimum Gasteiger partial charge on any atom is -0.491 e. The second kappa shape index (κ2) is 6.06. The Kier molecular flexibility index (Phi) is 4.20. The zero-order valence-corrected chi connectivity index (χ0v) is 11.4. The van der Waals surface area contributed by atoms with Gasteiger partial charge in [0.05, 0.1) is 13.3 Å². The van der Waals surface area contributed by atoms with Crippen molar-refractivity contribution in [1.29, 1.82) is 0 Å². The maximum Gasteiger partial charge on any atom is 0.267 e. The van der Waals surface area contributed by atoms with Crippen molar-refractivity contribution >= 4 is 5.91 Å². The van der Waals surface area contributed by atoms with Gasteiger partial charge in [-0.05, 0) is 12.5 Å². The third kappa shape index (κ3) is 2.88. The number of primary amides is 1. The lowest BCUT2D eigenvalue weighted by molar-refractivity contribution is 0.0994. The molecule has 0 spiro atoms. The largest absolute Gasteiger partial charge is 0.491 e. The van der Waals surface area contributed by atoms with Gasteiger partial charge in [-0.2, -0.15) is 0 Å². The first-order chi connectivity index (χ1) is 9.63. The van der Waals surface area contributed by atoms with E-state index in [4.69, 9.17) is 15.2 Å². The van der Waals surface area contributed by atoms with Crippen molar-refractivity contribution in [3.05, 3.63) is 53.3 Å². The van der Waals surface area contributed by atoms with Crippen LogP contribution in [0.15, 0.2) is 36.5 Å². The number of carbonyl (C=O) groups is 1. The Morgan fingerprint density at radius 2 is 2.00 bits per heavy atom. The summed E-state index contributed by atoms with van der Waals surface area (Å²) in [5.41, 5.74) is 7.07. The monoisotopic (exact) mass is 272 g/mol. The molecule has 0 aliphatic heterocycles. The third-order valence-corrected chi connectivity index (χ3v) is 2.91. The number of hydrogen-bond donors (Lipinski definition) is 1. The molecular weight excluding hydrogens is 256 g/mol. The lowest BCUT2D eigenvalue weighted by Crippen LogP contribution is -2.16. The van der Waals surface area contributed by atoms with Crippen LogP contribution in [0.25, 0.3) is 0 Å². The van der Waals surface area contributed by atoms with E-state index in [1.165, 1.54) is 13.3 Å². The fourth-order valence-electron chi connectivity index (χ4n) is 1.87.